The number of pyridine rings is 1. The maximum Gasteiger partial charge on any atom is 0.251 e. The molecular formula is C17H19N5O. The maximum absolute atomic E-state index is 12.3. The summed E-state index contributed by atoms with van der Waals surface area (Å²) in [6.07, 6.45) is 1.68. The number of carbonyl (C=O) groups is 1. The van der Waals surface area contributed by atoms with Gasteiger partial charge in [-0.25, -0.2) is 0 Å². The van der Waals surface area contributed by atoms with Gasteiger partial charge in [-0.15, -0.1) is 10.2 Å². The molecule has 6 nitrogen and oxygen atoms in total. The van der Waals surface area contributed by atoms with Gasteiger partial charge in [0, 0.05) is 18.7 Å². The van der Waals surface area contributed by atoms with Crippen LogP contribution in [0, 0.1) is 0 Å². The Kier molecular flexibility index (Phi) is 4.34. The van der Waals surface area contributed by atoms with Gasteiger partial charge in [-0.3, -0.25) is 9.20 Å². The van der Waals surface area contributed by atoms with Gasteiger partial charge in [-0.1, -0.05) is 18.2 Å². The van der Waals surface area contributed by atoms with Crippen molar-refractivity contribution in [3.8, 4) is 11.3 Å². The van der Waals surface area contributed by atoms with E-state index in [-0.39, 0.29) is 5.91 Å². The topological polar surface area (TPSA) is 62.5 Å². The van der Waals surface area contributed by atoms with Crippen LogP contribution in [0.1, 0.15) is 10.4 Å². The van der Waals surface area contributed by atoms with Crippen LogP contribution in [0.25, 0.3) is 16.9 Å². The summed E-state index contributed by atoms with van der Waals surface area (Å²) in [5, 5.41) is 10.9. The molecule has 3 aromatic rings. The second kappa shape index (κ2) is 6.58. The number of carbonyl (C=O) groups excluding carboxylic acids is 1. The van der Waals surface area contributed by atoms with Crippen LogP contribution >= 0.6 is 0 Å². The lowest BCUT2D eigenvalue weighted by atomic mass is 10.1. The number of nitrogens with zero attached hydrogens (tertiary/aromatic N) is 4. The van der Waals surface area contributed by atoms with Gasteiger partial charge in [0.2, 0.25) is 0 Å². The molecule has 1 aromatic carbocycles. The van der Waals surface area contributed by atoms with E-state index in [2.05, 4.69) is 15.5 Å². The Bertz CT molecular complexity index is 824. The molecule has 0 aliphatic carbocycles. The maximum atomic E-state index is 12.3. The van der Waals surface area contributed by atoms with Crippen LogP contribution in [0.5, 0.6) is 0 Å². The predicted octanol–water partition coefficient (Wildman–Crippen LogP) is 1.69. The van der Waals surface area contributed by atoms with Gasteiger partial charge in [0.15, 0.2) is 5.65 Å². The highest BCUT2D eigenvalue weighted by Crippen LogP contribution is 2.21. The van der Waals surface area contributed by atoms with Crippen molar-refractivity contribution in [3.05, 3.63) is 54.4 Å². The molecule has 0 saturated heterocycles. The molecule has 0 aliphatic heterocycles. The van der Waals surface area contributed by atoms with Gasteiger partial charge in [0.1, 0.15) is 6.33 Å². The quantitative estimate of drug-likeness (QED) is 0.779. The molecule has 0 bridgehead atoms. The fraction of sp³-hybridized carbons (Fsp3) is 0.235. The predicted molar refractivity (Wildman–Crippen MR) is 89.3 cm³/mol. The van der Waals surface area contributed by atoms with Crippen LogP contribution in [0.3, 0.4) is 0 Å². The van der Waals surface area contributed by atoms with Crippen LogP contribution < -0.4 is 5.32 Å². The van der Waals surface area contributed by atoms with Gasteiger partial charge >= 0.3 is 0 Å². The first-order valence-electron chi connectivity index (χ1n) is 7.47. The molecule has 118 valence electrons. The number of benzene rings is 1. The van der Waals surface area contributed by atoms with Crippen LogP contribution in [-0.4, -0.2) is 52.6 Å². The number of aromatic nitrogens is 3. The molecule has 0 atom stereocenters. The Balaban J connectivity index is 1.85. The summed E-state index contributed by atoms with van der Waals surface area (Å²) in [7, 11) is 3.96. The number of likely N-dealkylation sites (N-methyl/N-ethyl adjacent to an activating group) is 1. The second-order valence-electron chi connectivity index (χ2n) is 5.61. The molecule has 0 spiro atoms. The van der Waals surface area contributed by atoms with Gasteiger partial charge in [0.05, 0.1) is 5.69 Å². The summed E-state index contributed by atoms with van der Waals surface area (Å²) >= 11 is 0. The lowest BCUT2D eigenvalue weighted by Crippen LogP contribution is -2.31. The van der Waals surface area contributed by atoms with E-state index in [0.29, 0.717) is 12.1 Å². The van der Waals surface area contributed by atoms with Crippen molar-refractivity contribution in [1.29, 1.82) is 0 Å². The minimum Gasteiger partial charge on any atom is -0.351 e. The molecule has 2 aromatic heterocycles. The first-order chi connectivity index (χ1) is 11.1. The van der Waals surface area contributed by atoms with Crippen molar-refractivity contribution in [2.45, 2.75) is 0 Å². The number of hydrogen-bond acceptors (Lipinski definition) is 4. The minimum atomic E-state index is -0.0652. The van der Waals surface area contributed by atoms with Crippen molar-refractivity contribution in [3.63, 3.8) is 0 Å². The SMILES string of the molecule is CN(C)CCNC(=O)c1cccc(-c2cccc3nncn23)c1. The first kappa shape index (κ1) is 15.2. The van der Waals surface area contributed by atoms with Gasteiger partial charge in [-0.05, 0) is 43.9 Å². The third-order valence-corrected chi connectivity index (χ3v) is 3.60. The number of fused-ring (bicyclic) bond motifs is 1. The summed E-state index contributed by atoms with van der Waals surface area (Å²) in [6.45, 7) is 1.43. The Morgan fingerprint density at radius 2 is 2.04 bits per heavy atom. The molecule has 0 aliphatic rings. The first-order valence-corrected chi connectivity index (χ1v) is 7.47. The molecule has 0 radical (unpaired) electrons. The standard InChI is InChI=1S/C17H19N5O/c1-21(2)10-9-18-17(23)14-6-3-5-13(11-14)15-7-4-8-16-20-19-12-22(15)16/h3-8,11-12H,9-10H2,1-2H3,(H,18,23). The minimum absolute atomic E-state index is 0.0652. The van der Waals surface area contributed by atoms with E-state index in [0.717, 1.165) is 23.4 Å². The third kappa shape index (κ3) is 3.37. The molecule has 0 saturated carbocycles. The van der Waals surface area contributed by atoms with Crippen molar-refractivity contribution in [1.82, 2.24) is 24.8 Å². The molecule has 2 heterocycles. The van der Waals surface area contributed by atoms with Gasteiger partial charge in [-0.2, -0.15) is 0 Å². The van der Waals surface area contributed by atoms with E-state index >= 15 is 0 Å². The fourth-order valence-corrected chi connectivity index (χ4v) is 2.40. The average molecular weight is 309 g/mol. The van der Waals surface area contributed by atoms with Crippen LogP contribution in [0.4, 0.5) is 0 Å². The third-order valence-electron chi connectivity index (χ3n) is 3.60. The Morgan fingerprint density at radius 1 is 1.22 bits per heavy atom. The van der Waals surface area contributed by atoms with E-state index < -0.39 is 0 Å². The molecule has 1 N–H and O–H groups in total. The number of amides is 1. The van der Waals surface area contributed by atoms with E-state index in [1.807, 2.05) is 65.9 Å². The Hall–Kier alpha value is -2.73. The monoisotopic (exact) mass is 309 g/mol. The molecule has 1 amide bonds. The smallest absolute Gasteiger partial charge is 0.251 e. The van der Waals surface area contributed by atoms with E-state index in [1.165, 1.54) is 0 Å². The highest BCUT2D eigenvalue weighted by Gasteiger charge is 2.09. The Labute approximate surface area is 134 Å². The zero-order valence-electron chi connectivity index (χ0n) is 13.2. The van der Waals surface area contributed by atoms with Crippen LogP contribution in [-0.2, 0) is 0 Å². The summed E-state index contributed by atoms with van der Waals surface area (Å²) in [5.74, 6) is -0.0652. The molecule has 3 rings (SSSR count). The van der Waals surface area contributed by atoms with Crippen molar-refractivity contribution in [2.75, 3.05) is 27.2 Å². The lowest BCUT2D eigenvalue weighted by Gasteiger charge is -2.11. The zero-order valence-corrected chi connectivity index (χ0v) is 13.2. The van der Waals surface area contributed by atoms with Gasteiger partial charge < -0.3 is 10.2 Å². The van der Waals surface area contributed by atoms with E-state index in [9.17, 15) is 4.79 Å². The van der Waals surface area contributed by atoms with Crippen LogP contribution in [0.2, 0.25) is 0 Å². The van der Waals surface area contributed by atoms with E-state index in [1.54, 1.807) is 6.33 Å². The summed E-state index contributed by atoms with van der Waals surface area (Å²) in [5.41, 5.74) is 3.33. The highest BCUT2D eigenvalue weighted by molar-refractivity contribution is 5.95. The van der Waals surface area contributed by atoms with E-state index in [4.69, 9.17) is 0 Å². The highest BCUT2D eigenvalue weighted by atomic mass is 16.1. The summed E-state index contributed by atoms with van der Waals surface area (Å²) < 4.78 is 1.91. The largest absolute Gasteiger partial charge is 0.351 e. The average Bonchev–Trinajstić information content (AvgIpc) is 3.03. The normalized spacial score (nSPS) is 11.1. The van der Waals surface area contributed by atoms with Crippen molar-refractivity contribution < 1.29 is 4.79 Å². The van der Waals surface area contributed by atoms with Crippen LogP contribution in [0.15, 0.2) is 48.8 Å². The molecule has 6 heteroatoms. The summed E-state index contributed by atoms with van der Waals surface area (Å²) in [4.78, 5) is 14.3. The lowest BCUT2D eigenvalue weighted by molar-refractivity contribution is 0.0951. The zero-order chi connectivity index (χ0) is 16.2. The van der Waals surface area contributed by atoms with Gasteiger partial charge in [0.25, 0.3) is 5.91 Å². The second-order valence-corrected chi connectivity index (χ2v) is 5.61. The van der Waals surface area contributed by atoms with Crippen molar-refractivity contribution >= 4 is 11.6 Å². The molecule has 0 fully saturated rings. The molecule has 0 unspecified atom stereocenters. The number of rotatable bonds is 5. The number of hydrogen-bond donors (Lipinski definition) is 1. The summed E-state index contributed by atoms with van der Waals surface area (Å²) in [6, 6.07) is 13.4. The Morgan fingerprint density at radius 3 is 2.87 bits per heavy atom. The fourth-order valence-electron chi connectivity index (χ4n) is 2.40. The van der Waals surface area contributed by atoms with Crippen molar-refractivity contribution in [2.24, 2.45) is 0 Å². The number of nitrogens with one attached hydrogen (secondary N) is 1. The molecule has 23 heavy (non-hydrogen) atoms. The molecular weight excluding hydrogens is 290 g/mol.